The highest BCUT2D eigenvalue weighted by Crippen LogP contribution is 2.40. The molecule has 0 saturated carbocycles. The summed E-state index contributed by atoms with van der Waals surface area (Å²) >= 11 is 0. The number of allylic oxidation sites excluding steroid dienone is 9. The summed E-state index contributed by atoms with van der Waals surface area (Å²) in [6, 6.07) is 6.04. The molecule has 1 aliphatic carbocycles. The first-order valence-corrected chi connectivity index (χ1v) is 13.6. The Morgan fingerprint density at radius 2 is 1.70 bits per heavy atom. The van der Waals surface area contributed by atoms with E-state index in [1.807, 2.05) is 32.1 Å². The number of esters is 1. The van der Waals surface area contributed by atoms with Crippen molar-refractivity contribution in [2.24, 2.45) is 5.41 Å². The lowest BCUT2D eigenvalue weighted by Crippen LogP contribution is -2.60. The second-order valence-corrected chi connectivity index (χ2v) is 11.1. The van der Waals surface area contributed by atoms with Crippen molar-refractivity contribution in [2.45, 2.75) is 84.6 Å². The van der Waals surface area contributed by atoms with Gasteiger partial charge < -0.3 is 34.6 Å². The number of benzene rings is 1. The summed E-state index contributed by atoms with van der Waals surface area (Å²) in [5.74, 6) is 0.0241. The van der Waals surface area contributed by atoms with Crippen LogP contribution in [-0.2, 0) is 9.53 Å². The molecule has 5 atom stereocenters. The molecule has 0 amide bonds. The number of carbonyl (C=O) groups is 1. The van der Waals surface area contributed by atoms with E-state index in [2.05, 4.69) is 32.9 Å². The summed E-state index contributed by atoms with van der Waals surface area (Å²) in [5, 5.41) is 39.2. The van der Waals surface area contributed by atoms with Crippen molar-refractivity contribution in [1.82, 2.24) is 0 Å². The molecule has 218 valence electrons. The third-order valence-corrected chi connectivity index (χ3v) is 7.26. The minimum absolute atomic E-state index is 0.201. The molecule has 1 aromatic rings. The number of ether oxygens (including phenoxy) is 3. The fourth-order valence-electron chi connectivity index (χ4n) is 4.90. The second-order valence-electron chi connectivity index (χ2n) is 11.1. The molecular weight excluding hydrogens is 512 g/mol. The Morgan fingerprint density at radius 1 is 1.02 bits per heavy atom. The zero-order chi connectivity index (χ0) is 29.4. The molecule has 8 heteroatoms. The van der Waals surface area contributed by atoms with E-state index < -0.39 is 43.3 Å². The van der Waals surface area contributed by atoms with Crippen molar-refractivity contribution < 1.29 is 39.4 Å². The van der Waals surface area contributed by atoms with Crippen LogP contribution in [0.2, 0.25) is 0 Å². The quantitative estimate of drug-likeness (QED) is 0.154. The number of carbonyl (C=O) groups excluding carboxylic acids is 1. The highest BCUT2D eigenvalue weighted by molar-refractivity contribution is 5.85. The van der Waals surface area contributed by atoms with E-state index in [0.717, 1.165) is 17.6 Å². The summed E-state index contributed by atoms with van der Waals surface area (Å²) in [6.07, 6.45) is 8.21. The van der Waals surface area contributed by atoms with Crippen LogP contribution in [0.5, 0.6) is 11.5 Å². The lowest BCUT2D eigenvalue weighted by Gasteiger charge is -2.39. The van der Waals surface area contributed by atoms with Crippen LogP contribution >= 0.6 is 0 Å². The first-order chi connectivity index (χ1) is 18.9. The molecule has 2 aliphatic rings. The van der Waals surface area contributed by atoms with Gasteiger partial charge in [0.25, 0.3) is 0 Å². The molecule has 0 bridgehead atoms. The van der Waals surface area contributed by atoms with Gasteiger partial charge in [-0.1, -0.05) is 55.4 Å². The van der Waals surface area contributed by atoms with Crippen LogP contribution in [0.4, 0.5) is 0 Å². The van der Waals surface area contributed by atoms with Crippen LogP contribution in [0.3, 0.4) is 0 Å². The van der Waals surface area contributed by atoms with Gasteiger partial charge in [0.15, 0.2) is 0 Å². The van der Waals surface area contributed by atoms with Crippen LogP contribution in [0.25, 0.3) is 0 Å². The fourth-order valence-corrected chi connectivity index (χ4v) is 4.90. The average molecular weight is 555 g/mol. The van der Waals surface area contributed by atoms with Crippen LogP contribution < -0.4 is 9.47 Å². The van der Waals surface area contributed by atoms with Crippen molar-refractivity contribution in [2.75, 3.05) is 6.61 Å². The topological polar surface area (TPSA) is 126 Å². The first kappa shape index (κ1) is 31.5. The van der Waals surface area contributed by atoms with E-state index in [1.54, 1.807) is 0 Å². The van der Waals surface area contributed by atoms with Gasteiger partial charge in [0, 0.05) is 6.08 Å². The largest absolute Gasteiger partial charge is 0.462 e. The molecule has 3 rings (SSSR count). The zero-order valence-electron chi connectivity index (χ0n) is 23.9. The Balaban J connectivity index is 1.53. The van der Waals surface area contributed by atoms with E-state index in [9.17, 15) is 25.2 Å². The highest BCUT2D eigenvalue weighted by Gasteiger charge is 2.44. The van der Waals surface area contributed by atoms with Gasteiger partial charge in [-0.3, -0.25) is 0 Å². The molecule has 2 unspecified atom stereocenters. The number of rotatable bonds is 9. The third kappa shape index (κ3) is 8.49. The predicted octanol–water partition coefficient (Wildman–Crippen LogP) is 4.30. The van der Waals surface area contributed by atoms with Crippen molar-refractivity contribution in [3.05, 3.63) is 83.0 Å². The smallest absolute Gasteiger partial charge is 0.336 e. The molecule has 4 N–H and O–H groups in total. The third-order valence-electron chi connectivity index (χ3n) is 7.26. The Morgan fingerprint density at radius 3 is 2.35 bits per heavy atom. The van der Waals surface area contributed by atoms with Crippen molar-refractivity contribution in [1.29, 1.82) is 0 Å². The maximum Gasteiger partial charge on any atom is 0.336 e. The molecule has 8 nitrogen and oxygen atoms in total. The van der Waals surface area contributed by atoms with Crippen LogP contribution in [-0.4, -0.2) is 63.7 Å². The van der Waals surface area contributed by atoms with Gasteiger partial charge in [0.05, 0.1) is 6.61 Å². The number of hydrogen-bond acceptors (Lipinski definition) is 8. The summed E-state index contributed by atoms with van der Waals surface area (Å²) in [4.78, 5) is 12.3. The lowest BCUT2D eigenvalue weighted by molar-refractivity contribution is -0.277. The summed E-state index contributed by atoms with van der Waals surface area (Å²) < 4.78 is 16.2. The monoisotopic (exact) mass is 554 g/mol. The van der Waals surface area contributed by atoms with E-state index in [-0.39, 0.29) is 16.9 Å². The number of hydrogen-bond donors (Lipinski definition) is 4. The van der Waals surface area contributed by atoms with Gasteiger partial charge in [-0.2, -0.15) is 0 Å². The minimum Gasteiger partial charge on any atom is -0.462 e. The van der Waals surface area contributed by atoms with Gasteiger partial charge in [-0.05, 0) is 80.9 Å². The maximum absolute atomic E-state index is 12.3. The first-order valence-electron chi connectivity index (χ1n) is 13.6. The van der Waals surface area contributed by atoms with Gasteiger partial charge in [-0.15, -0.1) is 0 Å². The molecule has 1 aromatic carbocycles. The van der Waals surface area contributed by atoms with E-state index in [4.69, 9.17) is 14.2 Å². The lowest BCUT2D eigenvalue weighted by atomic mass is 9.72. The molecule has 1 aliphatic heterocycles. The number of aliphatic hydroxyl groups excluding tert-OH is 4. The molecule has 1 fully saturated rings. The van der Waals surface area contributed by atoms with Gasteiger partial charge in [-0.25, -0.2) is 4.79 Å². The average Bonchev–Trinajstić information content (AvgIpc) is 2.89. The molecule has 0 radical (unpaired) electrons. The normalized spacial score (nSPS) is 27.9. The van der Waals surface area contributed by atoms with E-state index in [1.165, 1.54) is 54.3 Å². The highest BCUT2D eigenvalue weighted by atomic mass is 16.7. The molecule has 40 heavy (non-hydrogen) atoms. The van der Waals surface area contributed by atoms with Gasteiger partial charge >= 0.3 is 5.97 Å². The summed E-state index contributed by atoms with van der Waals surface area (Å²) in [6.45, 7) is 10.1. The van der Waals surface area contributed by atoms with Crippen LogP contribution in [0.15, 0.2) is 83.0 Å². The Kier molecular flexibility index (Phi) is 11.1. The Hall–Kier alpha value is -3.01. The Labute approximate surface area is 236 Å². The van der Waals surface area contributed by atoms with E-state index in [0.29, 0.717) is 0 Å². The van der Waals surface area contributed by atoms with Crippen LogP contribution in [0, 0.1) is 5.41 Å². The van der Waals surface area contributed by atoms with Crippen molar-refractivity contribution in [3.63, 3.8) is 0 Å². The zero-order valence-corrected chi connectivity index (χ0v) is 23.9. The molecule has 1 saturated heterocycles. The van der Waals surface area contributed by atoms with Gasteiger partial charge in [0.1, 0.15) is 35.9 Å². The SMILES string of the molecule is CC1=C(/C=C/C(C)=C/C=C/C(C)=C/C(=O)Oc2ccc(O[C@@H]3OC(CO)[C@H](O)[C@H](O)C3O)cc2)C(C)(C)CCC1. The van der Waals surface area contributed by atoms with E-state index >= 15 is 0 Å². The predicted molar refractivity (Wildman–Crippen MR) is 153 cm³/mol. The van der Waals surface area contributed by atoms with Crippen molar-refractivity contribution >= 4 is 5.97 Å². The molecular formula is C32H42O8. The maximum atomic E-state index is 12.3. The second kappa shape index (κ2) is 14.1. The molecule has 1 heterocycles. The van der Waals surface area contributed by atoms with Crippen LogP contribution in [0.1, 0.15) is 53.9 Å². The summed E-state index contributed by atoms with van der Waals surface area (Å²) in [5.41, 5.74) is 4.92. The number of aliphatic hydroxyl groups is 4. The molecule has 0 aromatic heterocycles. The van der Waals surface area contributed by atoms with Crippen molar-refractivity contribution in [3.8, 4) is 11.5 Å². The van der Waals surface area contributed by atoms with Gasteiger partial charge in [0.2, 0.25) is 6.29 Å². The molecule has 0 spiro atoms. The fraction of sp³-hybridized carbons (Fsp3) is 0.469. The Bertz CT molecular complexity index is 1170. The summed E-state index contributed by atoms with van der Waals surface area (Å²) in [7, 11) is 0. The standard InChI is InChI=1S/C32H42O8/c1-20(11-16-25-22(3)10-7-17-32(25,4)5)8-6-9-21(2)18-27(34)38-23-12-14-24(15-13-23)39-31-30(37)29(36)28(35)26(19-33)40-31/h6,8-9,11-16,18,26,28-31,33,35-37H,7,10,17,19H2,1-5H3/b9-6+,16-11+,20-8+,21-18+/t26?,28-,29-,30?,31+/m0/s1. The minimum atomic E-state index is -1.54.